The van der Waals surface area contributed by atoms with Crippen LogP contribution in [0.2, 0.25) is 0 Å². The van der Waals surface area contributed by atoms with Crippen molar-refractivity contribution in [1.29, 1.82) is 5.26 Å². The van der Waals surface area contributed by atoms with E-state index in [0.29, 0.717) is 5.75 Å². The van der Waals surface area contributed by atoms with Crippen LogP contribution in [0.5, 0.6) is 5.75 Å². The highest BCUT2D eigenvalue weighted by Gasteiger charge is 2.01. The lowest BCUT2D eigenvalue weighted by molar-refractivity contribution is 0.414. The average Bonchev–Trinajstić information content (AvgIpc) is 2.26. The summed E-state index contributed by atoms with van der Waals surface area (Å²) in [4.78, 5) is 1.09. The molecule has 74 valence electrons. The molecule has 0 aromatic heterocycles. The second-order valence-electron chi connectivity index (χ2n) is 2.72. The summed E-state index contributed by atoms with van der Waals surface area (Å²) in [5.41, 5.74) is 5.47. The van der Waals surface area contributed by atoms with Crippen molar-refractivity contribution in [2.45, 2.75) is 10.9 Å². The topological polar surface area (TPSA) is 59.0 Å². The first-order valence-corrected chi connectivity index (χ1v) is 5.17. The van der Waals surface area contributed by atoms with Crippen LogP contribution in [0.25, 0.3) is 0 Å². The molecule has 0 aliphatic rings. The summed E-state index contributed by atoms with van der Waals surface area (Å²) in [5, 5.41) is 8.49. The van der Waals surface area contributed by atoms with Crippen molar-refractivity contribution < 1.29 is 4.74 Å². The summed E-state index contributed by atoms with van der Waals surface area (Å²) in [6.45, 7) is 0. The second-order valence-corrected chi connectivity index (χ2v) is 3.82. The summed E-state index contributed by atoms with van der Waals surface area (Å²) in [6, 6.07) is 9.27. The number of nitrogens with zero attached hydrogens (tertiary/aromatic N) is 1. The Morgan fingerprint density at radius 2 is 2.14 bits per heavy atom. The fourth-order valence-corrected chi connectivity index (χ4v) is 1.67. The van der Waals surface area contributed by atoms with Crippen LogP contribution in [0, 0.1) is 11.3 Å². The molecule has 1 unspecified atom stereocenters. The zero-order chi connectivity index (χ0) is 10.4. The van der Waals surface area contributed by atoms with Gasteiger partial charge in [0.25, 0.3) is 0 Å². The number of benzene rings is 1. The number of nitriles is 1. The van der Waals surface area contributed by atoms with Crippen LogP contribution in [0.15, 0.2) is 29.2 Å². The molecule has 0 fully saturated rings. The molecule has 0 heterocycles. The normalized spacial score (nSPS) is 11.8. The van der Waals surface area contributed by atoms with Crippen LogP contribution in [-0.2, 0) is 0 Å². The van der Waals surface area contributed by atoms with Gasteiger partial charge in [0.2, 0.25) is 0 Å². The molecular weight excluding hydrogens is 196 g/mol. The minimum Gasteiger partial charge on any atom is -0.497 e. The Morgan fingerprint density at radius 3 is 2.64 bits per heavy atom. The van der Waals surface area contributed by atoms with Crippen molar-refractivity contribution in [3.8, 4) is 11.8 Å². The smallest absolute Gasteiger partial charge is 0.118 e. The molecule has 0 aliphatic heterocycles. The van der Waals surface area contributed by atoms with Crippen LogP contribution in [-0.4, -0.2) is 18.9 Å². The van der Waals surface area contributed by atoms with E-state index in [1.807, 2.05) is 30.3 Å². The molecule has 3 nitrogen and oxygen atoms in total. The van der Waals surface area contributed by atoms with Gasteiger partial charge in [-0.05, 0) is 24.3 Å². The predicted molar refractivity (Wildman–Crippen MR) is 57.3 cm³/mol. The highest BCUT2D eigenvalue weighted by Crippen LogP contribution is 2.21. The molecule has 0 saturated carbocycles. The highest BCUT2D eigenvalue weighted by atomic mass is 32.2. The van der Waals surface area contributed by atoms with Gasteiger partial charge in [0, 0.05) is 10.6 Å². The lowest BCUT2D eigenvalue weighted by atomic mass is 10.3. The maximum absolute atomic E-state index is 8.49. The molecule has 0 bridgehead atoms. The van der Waals surface area contributed by atoms with Gasteiger partial charge in [-0.25, -0.2) is 0 Å². The van der Waals surface area contributed by atoms with Gasteiger partial charge in [-0.3, -0.25) is 0 Å². The predicted octanol–water partition coefficient (Wildman–Crippen LogP) is 1.64. The van der Waals surface area contributed by atoms with Gasteiger partial charge in [0.15, 0.2) is 0 Å². The average molecular weight is 208 g/mol. The van der Waals surface area contributed by atoms with Gasteiger partial charge in [0.05, 0.1) is 13.2 Å². The van der Waals surface area contributed by atoms with Crippen molar-refractivity contribution >= 4 is 11.8 Å². The molecule has 2 N–H and O–H groups in total. The molecular formula is C10H12N2OS. The number of rotatable bonds is 4. The van der Waals surface area contributed by atoms with E-state index in [1.165, 1.54) is 0 Å². The lowest BCUT2D eigenvalue weighted by Gasteiger charge is -2.04. The fourth-order valence-electron chi connectivity index (χ4n) is 0.895. The van der Waals surface area contributed by atoms with Crippen molar-refractivity contribution in [2.75, 3.05) is 12.9 Å². The first-order chi connectivity index (χ1) is 6.76. The van der Waals surface area contributed by atoms with Crippen molar-refractivity contribution in [2.24, 2.45) is 5.73 Å². The molecule has 0 amide bonds. The van der Waals surface area contributed by atoms with Crippen LogP contribution in [0.4, 0.5) is 0 Å². The van der Waals surface area contributed by atoms with Gasteiger partial charge in [-0.15, -0.1) is 11.8 Å². The first-order valence-electron chi connectivity index (χ1n) is 4.18. The summed E-state index contributed by atoms with van der Waals surface area (Å²) in [5.74, 6) is 1.45. The number of methoxy groups -OCH3 is 1. The molecule has 0 radical (unpaired) electrons. The van der Waals surface area contributed by atoms with E-state index in [0.717, 1.165) is 10.6 Å². The number of ether oxygens (including phenoxy) is 1. The standard InChI is InChI=1S/C10H12N2OS/c1-13-9-2-4-10(5-3-9)14-7-8(12)6-11/h2-5,8H,7,12H2,1H3. The van der Waals surface area contributed by atoms with Crippen LogP contribution in [0.3, 0.4) is 0 Å². The van der Waals surface area contributed by atoms with Gasteiger partial charge < -0.3 is 10.5 Å². The van der Waals surface area contributed by atoms with Gasteiger partial charge in [-0.2, -0.15) is 5.26 Å². The van der Waals surface area contributed by atoms with Crippen LogP contribution >= 0.6 is 11.8 Å². The van der Waals surface area contributed by atoms with E-state index >= 15 is 0 Å². The third kappa shape index (κ3) is 3.29. The van der Waals surface area contributed by atoms with Gasteiger partial charge >= 0.3 is 0 Å². The number of thioether (sulfide) groups is 1. The number of hydrogen-bond acceptors (Lipinski definition) is 4. The maximum Gasteiger partial charge on any atom is 0.118 e. The van der Waals surface area contributed by atoms with Crippen LogP contribution < -0.4 is 10.5 Å². The van der Waals surface area contributed by atoms with E-state index in [-0.39, 0.29) is 0 Å². The molecule has 14 heavy (non-hydrogen) atoms. The summed E-state index contributed by atoms with van der Waals surface area (Å²) in [6.07, 6.45) is 0. The summed E-state index contributed by atoms with van der Waals surface area (Å²) >= 11 is 1.57. The van der Waals surface area contributed by atoms with Crippen LogP contribution in [0.1, 0.15) is 0 Å². The zero-order valence-corrected chi connectivity index (χ0v) is 8.75. The van der Waals surface area contributed by atoms with Crippen molar-refractivity contribution in [3.05, 3.63) is 24.3 Å². The van der Waals surface area contributed by atoms with Crippen molar-refractivity contribution in [1.82, 2.24) is 0 Å². The van der Waals surface area contributed by atoms with E-state index in [2.05, 4.69) is 0 Å². The SMILES string of the molecule is COc1ccc(SCC(N)C#N)cc1. The quantitative estimate of drug-likeness (QED) is 0.764. The molecule has 1 rings (SSSR count). The number of hydrogen-bond donors (Lipinski definition) is 1. The Kier molecular flexibility index (Phi) is 4.30. The monoisotopic (exact) mass is 208 g/mol. The third-order valence-corrected chi connectivity index (χ3v) is 2.79. The minimum atomic E-state index is -0.401. The molecule has 4 heteroatoms. The Bertz CT molecular complexity index is 318. The molecule has 1 aromatic rings. The third-order valence-electron chi connectivity index (χ3n) is 1.65. The molecule has 0 spiro atoms. The molecule has 1 atom stereocenters. The lowest BCUT2D eigenvalue weighted by Crippen LogP contribution is -2.19. The fraction of sp³-hybridized carbons (Fsp3) is 0.300. The van der Waals surface area contributed by atoms with E-state index in [1.54, 1.807) is 18.9 Å². The van der Waals surface area contributed by atoms with E-state index in [4.69, 9.17) is 15.7 Å². The van der Waals surface area contributed by atoms with E-state index in [9.17, 15) is 0 Å². The maximum atomic E-state index is 8.49. The molecule has 0 saturated heterocycles. The Labute approximate surface area is 87.9 Å². The summed E-state index contributed by atoms with van der Waals surface area (Å²) < 4.78 is 5.03. The van der Waals surface area contributed by atoms with Gasteiger partial charge in [-0.1, -0.05) is 0 Å². The van der Waals surface area contributed by atoms with E-state index < -0.39 is 6.04 Å². The largest absolute Gasteiger partial charge is 0.497 e. The molecule has 0 aliphatic carbocycles. The van der Waals surface area contributed by atoms with Gasteiger partial charge in [0.1, 0.15) is 11.8 Å². The second kappa shape index (κ2) is 5.53. The number of nitrogens with two attached hydrogens (primary N) is 1. The Morgan fingerprint density at radius 1 is 1.50 bits per heavy atom. The Hall–Kier alpha value is -1.18. The Balaban J connectivity index is 2.48. The minimum absolute atomic E-state index is 0.401. The summed E-state index contributed by atoms with van der Waals surface area (Å²) in [7, 11) is 1.63. The first kappa shape index (κ1) is 10.9. The zero-order valence-electron chi connectivity index (χ0n) is 7.93. The van der Waals surface area contributed by atoms with Crippen molar-refractivity contribution in [3.63, 3.8) is 0 Å². The molecule has 1 aromatic carbocycles. The highest BCUT2D eigenvalue weighted by molar-refractivity contribution is 7.99.